The molecule has 6 heteroatoms. The second-order valence-electron chi connectivity index (χ2n) is 9.30. The van der Waals surface area contributed by atoms with E-state index in [9.17, 15) is 9.18 Å². The molecule has 2 aromatic rings. The van der Waals surface area contributed by atoms with Crippen LogP contribution in [0.5, 0.6) is 0 Å². The molecule has 1 aliphatic carbocycles. The van der Waals surface area contributed by atoms with Gasteiger partial charge in [-0.05, 0) is 67.0 Å². The molecule has 4 rings (SSSR count). The van der Waals surface area contributed by atoms with Crippen molar-refractivity contribution in [3.05, 3.63) is 83.2 Å². The van der Waals surface area contributed by atoms with Gasteiger partial charge in [0.1, 0.15) is 5.82 Å². The van der Waals surface area contributed by atoms with Crippen molar-refractivity contribution in [2.75, 3.05) is 13.2 Å². The molecule has 1 aliphatic heterocycles. The molecule has 1 saturated heterocycles. The van der Waals surface area contributed by atoms with E-state index in [1.165, 1.54) is 12.1 Å². The lowest BCUT2D eigenvalue weighted by Gasteiger charge is -2.39. The molecule has 34 heavy (non-hydrogen) atoms. The summed E-state index contributed by atoms with van der Waals surface area (Å²) < 4.78 is 25.9. The van der Waals surface area contributed by atoms with Crippen LogP contribution < -0.4 is 0 Å². The van der Waals surface area contributed by atoms with Crippen LogP contribution in [0.25, 0.3) is 0 Å². The third-order valence-corrected chi connectivity index (χ3v) is 7.22. The second-order valence-corrected chi connectivity index (χ2v) is 9.30. The van der Waals surface area contributed by atoms with Gasteiger partial charge in [-0.2, -0.15) is 5.26 Å². The first kappa shape index (κ1) is 24.1. The number of nitriles is 1. The van der Waals surface area contributed by atoms with Crippen LogP contribution in [0.15, 0.2) is 60.7 Å². The number of carbonyl (C=O) groups is 1. The van der Waals surface area contributed by atoms with Gasteiger partial charge in [-0.1, -0.05) is 36.4 Å². The maximum Gasteiger partial charge on any atom is 0.303 e. The zero-order valence-corrected chi connectivity index (χ0v) is 19.2. The molecular formula is C28H30FNO4. The van der Waals surface area contributed by atoms with E-state index in [-0.39, 0.29) is 35.6 Å². The minimum atomic E-state index is -0.770. The fraction of sp³-hybridized carbons (Fsp3) is 0.429. The number of allylic oxidation sites excluding steroid dienone is 2. The number of carboxylic acid groups (broad SMARTS) is 1. The van der Waals surface area contributed by atoms with Crippen molar-refractivity contribution < 1.29 is 23.8 Å². The van der Waals surface area contributed by atoms with Crippen molar-refractivity contribution in [2.24, 2.45) is 11.8 Å². The van der Waals surface area contributed by atoms with Gasteiger partial charge in [-0.25, -0.2) is 4.39 Å². The molecule has 4 atom stereocenters. The lowest BCUT2D eigenvalue weighted by atomic mass is 9.69. The van der Waals surface area contributed by atoms with Crippen molar-refractivity contribution in [2.45, 2.75) is 50.2 Å². The fourth-order valence-electron chi connectivity index (χ4n) is 5.48. The third-order valence-electron chi connectivity index (χ3n) is 7.22. The highest BCUT2D eigenvalue weighted by molar-refractivity contribution is 5.66. The van der Waals surface area contributed by atoms with Crippen LogP contribution in [0.2, 0.25) is 0 Å². The van der Waals surface area contributed by atoms with E-state index in [4.69, 9.17) is 19.8 Å². The molecule has 0 radical (unpaired) electrons. The molecule has 0 amide bonds. The predicted octanol–water partition coefficient (Wildman–Crippen LogP) is 5.39. The molecule has 1 saturated carbocycles. The summed E-state index contributed by atoms with van der Waals surface area (Å²) in [5.41, 5.74) is 2.58. The summed E-state index contributed by atoms with van der Waals surface area (Å²) >= 11 is 0. The molecule has 1 N–H and O–H groups in total. The summed E-state index contributed by atoms with van der Waals surface area (Å²) in [4.78, 5) is 10.7. The van der Waals surface area contributed by atoms with E-state index in [1.807, 2.05) is 24.3 Å². The normalized spacial score (nSPS) is 25.6. The zero-order chi connectivity index (χ0) is 24.0. The number of halogens is 1. The number of benzene rings is 2. The summed E-state index contributed by atoms with van der Waals surface area (Å²) in [6.45, 7) is 1.65. The molecule has 0 aromatic heterocycles. The van der Waals surface area contributed by atoms with E-state index in [2.05, 4.69) is 18.2 Å². The molecule has 2 aliphatic rings. The highest BCUT2D eigenvalue weighted by Crippen LogP contribution is 2.56. The maximum absolute atomic E-state index is 13.6. The van der Waals surface area contributed by atoms with Gasteiger partial charge in [0, 0.05) is 17.8 Å². The van der Waals surface area contributed by atoms with Gasteiger partial charge in [0.05, 0.1) is 37.6 Å². The highest BCUT2D eigenvalue weighted by Gasteiger charge is 2.59. The molecule has 5 nitrogen and oxygen atoms in total. The summed E-state index contributed by atoms with van der Waals surface area (Å²) in [6.07, 6.45) is 7.60. The standard InChI is InChI=1S/C28H30FNO4/c29-23-13-11-22(12-14-23)28-15-26(34-19-28)24(25(28)5-3-1-2-4-6-27(31)32)18-33-17-21-9-7-20(16-30)8-10-21/h1,3,7-14,24-26H,2,4-6,15,17-19H2,(H,31,32)/t24-,25-,26-,28-/m1/s1. The lowest BCUT2D eigenvalue weighted by Crippen LogP contribution is -2.41. The van der Waals surface area contributed by atoms with E-state index < -0.39 is 5.97 Å². The Morgan fingerprint density at radius 2 is 1.97 bits per heavy atom. The maximum atomic E-state index is 13.6. The largest absolute Gasteiger partial charge is 0.481 e. The number of aliphatic carboxylic acids is 1. The summed E-state index contributed by atoms with van der Waals surface area (Å²) in [7, 11) is 0. The van der Waals surface area contributed by atoms with Crippen LogP contribution in [0.4, 0.5) is 4.39 Å². The van der Waals surface area contributed by atoms with Crippen molar-refractivity contribution in [1.82, 2.24) is 0 Å². The number of nitrogens with zero attached hydrogens (tertiary/aromatic N) is 1. The molecule has 2 aromatic carbocycles. The number of ether oxygens (including phenoxy) is 2. The average molecular weight is 464 g/mol. The van der Waals surface area contributed by atoms with Gasteiger partial charge in [0.25, 0.3) is 0 Å². The Hall–Kier alpha value is -3.01. The van der Waals surface area contributed by atoms with Gasteiger partial charge in [0.15, 0.2) is 0 Å². The third kappa shape index (κ3) is 5.38. The Morgan fingerprint density at radius 1 is 1.21 bits per heavy atom. The number of fused-ring (bicyclic) bond motifs is 2. The fourth-order valence-corrected chi connectivity index (χ4v) is 5.48. The topological polar surface area (TPSA) is 79.5 Å². The zero-order valence-electron chi connectivity index (χ0n) is 19.2. The monoisotopic (exact) mass is 463 g/mol. The quantitative estimate of drug-likeness (QED) is 0.357. The Kier molecular flexibility index (Phi) is 7.77. The van der Waals surface area contributed by atoms with Gasteiger partial charge in [0.2, 0.25) is 0 Å². The minimum Gasteiger partial charge on any atom is -0.481 e. The molecular weight excluding hydrogens is 433 g/mol. The van der Waals surface area contributed by atoms with Crippen LogP contribution in [-0.4, -0.2) is 30.4 Å². The number of carboxylic acids is 1. The lowest BCUT2D eigenvalue weighted by molar-refractivity contribution is -0.137. The number of hydrogen-bond acceptors (Lipinski definition) is 4. The van der Waals surface area contributed by atoms with Crippen molar-refractivity contribution in [3.8, 4) is 6.07 Å². The van der Waals surface area contributed by atoms with Gasteiger partial charge in [-0.3, -0.25) is 4.79 Å². The van der Waals surface area contributed by atoms with E-state index in [0.29, 0.717) is 31.8 Å². The van der Waals surface area contributed by atoms with Crippen molar-refractivity contribution in [1.29, 1.82) is 5.26 Å². The first-order valence-electron chi connectivity index (χ1n) is 11.8. The molecule has 0 spiro atoms. The second kappa shape index (κ2) is 10.9. The molecule has 178 valence electrons. The summed E-state index contributed by atoms with van der Waals surface area (Å²) in [6, 6.07) is 16.3. The minimum absolute atomic E-state index is 0.0939. The SMILES string of the molecule is N#Cc1ccc(COC[C@@H]2[C@@H](CC=CCCCC(=O)O)[C@@]3(c4ccc(F)cc4)CO[C@@H]2C3)cc1. The average Bonchev–Trinajstić information content (AvgIpc) is 3.40. The van der Waals surface area contributed by atoms with Gasteiger partial charge >= 0.3 is 5.97 Å². The van der Waals surface area contributed by atoms with Gasteiger partial charge in [-0.15, -0.1) is 0 Å². The van der Waals surface area contributed by atoms with E-state index in [0.717, 1.165) is 30.4 Å². The smallest absolute Gasteiger partial charge is 0.303 e. The number of hydrogen-bond donors (Lipinski definition) is 1. The van der Waals surface area contributed by atoms with Crippen LogP contribution >= 0.6 is 0 Å². The summed E-state index contributed by atoms with van der Waals surface area (Å²) in [5.74, 6) is -0.520. The molecule has 0 unspecified atom stereocenters. The van der Waals surface area contributed by atoms with Gasteiger partial charge < -0.3 is 14.6 Å². The van der Waals surface area contributed by atoms with E-state index in [1.54, 1.807) is 12.1 Å². The Bertz CT molecular complexity index is 1040. The van der Waals surface area contributed by atoms with Crippen molar-refractivity contribution >= 4 is 5.97 Å². The van der Waals surface area contributed by atoms with Crippen molar-refractivity contribution in [3.63, 3.8) is 0 Å². The first-order chi connectivity index (χ1) is 16.5. The van der Waals surface area contributed by atoms with Crippen LogP contribution in [-0.2, 0) is 26.3 Å². The Labute approximate surface area is 199 Å². The first-order valence-corrected chi connectivity index (χ1v) is 11.8. The molecule has 2 bridgehead atoms. The van der Waals surface area contributed by atoms with Crippen LogP contribution in [0.3, 0.4) is 0 Å². The van der Waals surface area contributed by atoms with Crippen LogP contribution in [0.1, 0.15) is 48.8 Å². The van der Waals surface area contributed by atoms with E-state index >= 15 is 0 Å². The molecule has 1 heterocycles. The predicted molar refractivity (Wildman–Crippen MR) is 125 cm³/mol. The summed E-state index contributed by atoms with van der Waals surface area (Å²) in [5, 5.41) is 17.8. The Morgan fingerprint density at radius 3 is 2.68 bits per heavy atom. The highest BCUT2D eigenvalue weighted by atomic mass is 19.1. The number of rotatable bonds is 11. The molecule has 2 fully saturated rings. The van der Waals surface area contributed by atoms with Crippen LogP contribution in [0, 0.1) is 29.0 Å². The number of unbranched alkanes of at least 4 members (excludes halogenated alkanes) is 1. The Balaban J connectivity index is 1.45.